The molecule has 38 heavy (non-hydrogen) atoms. The molecule has 1 atom stereocenters. The topological polar surface area (TPSA) is 73.0 Å². The van der Waals surface area contributed by atoms with Crippen LogP contribution in [0.4, 0.5) is 21.9 Å². The first kappa shape index (κ1) is 26.8. The summed E-state index contributed by atoms with van der Waals surface area (Å²) in [5, 5.41) is 5.78. The van der Waals surface area contributed by atoms with Gasteiger partial charge in [0.2, 0.25) is 5.88 Å². The Morgan fingerprint density at radius 2 is 1.58 bits per heavy atom. The molecule has 2 amide bonds. The second-order valence-electron chi connectivity index (χ2n) is 11.5. The summed E-state index contributed by atoms with van der Waals surface area (Å²) in [6, 6.07) is 13.5. The van der Waals surface area contributed by atoms with Gasteiger partial charge in [0.25, 0.3) is 0 Å². The summed E-state index contributed by atoms with van der Waals surface area (Å²) in [6.45, 7) is 9.15. The molecule has 2 aromatic rings. The van der Waals surface area contributed by atoms with E-state index in [4.69, 9.17) is 4.74 Å². The maximum atomic E-state index is 12.5. The number of carbonyl (C=O) groups excluding carboxylic acids is 1. The van der Waals surface area contributed by atoms with Crippen molar-refractivity contribution in [2.75, 3.05) is 48.8 Å². The number of anilines is 3. The Morgan fingerprint density at radius 1 is 0.921 bits per heavy atom. The number of ether oxygens (including phenoxy) is 1. The maximum Gasteiger partial charge on any atom is 0.323 e. The minimum Gasteiger partial charge on any atom is -0.474 e. The number of rotatable bonds is 8. The average molecular weight is 521 g/mol. The smallest absolute Gasteiger partial charge is 0.323 e. The van der Waals surface area contributed by atoms with E-state index >= 15 is 0 Å². The van der Waals surface area contributed by atoms with Crippen LogP contribution in [0.5, 0.6) is 5.88 Å². The van der Waals surface area contributed by atoms with Gasteiger partial charge in [0.05, 0.1) is 11.9 Å². The lowest BCUT2D eigenvalue weighted by atomic mass is 10.0. The number of urea groups is 1. The molecule has 1 saturated carbocycles. The Hall–Kier alpha value is -2.84. The van der Waals surface area contributed by atoms with E-state index < -0.39 is 0 Å². The van der Waals surface area contributed by atoms with Crippen molar-refractivity contribution in [1.82, 2.24) is 14.8 Å². The lowest BCUT2D eigenvalue weighted by Crippen LogP contribution is -2.49. The summed E-state index contributed by atoms with van der Waals surface area (Å²) in [6.07, 6.45) is 10.3. The Kier molecular flexibility index (Phi) is 8.69. The minimum absolute atomic E-state index is 0.271. The number of likely N-dealkylation sites (N-methyl/N-ethyl adjacent to an activating group) is 1. The van der Waals surface area contributed by atoms with Crippen LogP contribution in [0.2, 0.25) is 0 Å². The molecule has 1 aromatic heterocycles. The maximum absolute atomic E-state index is 12.5. The Morgan fingerprint density at radius 3 is 2.24 bits per heavy atom. The first-order chi connectivity index (χ1) is 18.4. The molecule has 2 aliphatic heterocycles. The number of amides is 2. The van der Waals surface area contributed by atoms with Crippen LogP contribution in [-0.4, -0.2) is 78.3 Å². The van der Waals surface area contributed by atoms with E-state index in [1.54, 1.807) is 6.20 Å². The molecule has 1 aromatic carbocycles. The number of benzene rings is 1. The number of hydrogen-bond donors (Lipinski definition) is 2. The fraction of sp³-hybridized carbons (Fsp3) is 0.600. The number of hydrogen-bond acceptors (Lipinski definition) is 6. The van der Waals surface area contributed by atoms with E-state index in [1.165, 1.54) is 50.9 Å². The molecule has 3 aliphatic rings. The fourth-order valence-electron chi connectivity index (χ4n) is 6.17. The van der Waals surface area contributed by atoms with Crippen LogP contribution in [-0.2, 0) is 0 Å². The van der Waals surface area contributed by atoms with Crippen LogP contribution >= 0.6 is 0 Å². The summed E-state index contributed by atoms with van der Waals surface area (Å²) in [7, 11) is 2.32. The van der Waals surface area contributed by atoms with E-state index in [0.29, 0.717) is 29.7 Å². The summed E-state index contributed by atoms with van der Waals surface area (Å²) in [4.78, 5) is 24.6. The second kappa shape index (κ2) is 12.3. The van der Waals surface area contributed by atoms with Gasteiger partial charge in [-0.1, -0.05) is 0 Å². The highest BCUT2D eigenvalue weighted by atomic mass is 16.5. The van der Waals surface area contributed by atoms with Crippen LogP contribution in [0.3, 0.4) is 0 Å². The number of pyridine rings is 1. The third kappa shape index (κ3) is 6.77. The van der Waals surface area contributed by atoms with Crippen molar-refractivity contribution < 1.29 is 9.53 Å². The quantitative estimate of drug-likeness (QED) is 0.484. The summed E-state index contributed by atoms with van der Waals surface area (Å²) in [5.41, 5.74) is 2.62. The number of aromatic nitrogens is 1. The van der Waals surface area contributed by atoms with Gasteiger partial charge >= 0.3 is 6.03 Å². The Bertz CT molecular complexity index is 1030. The molecule has 0 bridgehead atoms. The van der Waals surface area contributed by atoms with Gasteiger partial charge < -0.3 is 25.2 Å². The monoisotopic (exact) mass is 520 g/mol. The highest BCUT2D eigenvalue weighted by molar-refractivity contribution is 5.99. The predicted molar refractivity (Wildman–Crippen MR) is 154 cm³/mol. The molecule has 206 valence electrons. The molecular formula is C30H44N6O2. The van der Waals surface area contributed by atoms with Crippen molar-refractivity contribution in [1.29, 1.82) is 0 Å². The first-order valence-corrected chi connectivity index (χ1v) is 14.5. The molecule has 3 fully saturated rings. The van der Waals surface area contributed by atoms with Crippen molar-refractivity contribution in [2.24, 2.45) is 0 Å². The molecule has 1 aliphatic carbocycles. The summed E-state index contributed by atoms with van der Waals surface area (Å²) >= 11 is 0. The van der Waals surface area contributed by atoms with Crippen molar-refractivity contribution >= 4 is 23.1 Å². The Labute approximate surface area is 227 Å². The van der Waals surface area contributed by atoms with Gasteiger partial charge in [-0.15, -0.1) is 0 Å². The van der Waals surface area contributed by atoms with Crippen LogP contribution < -0.4 is 20.3 Å². The lowest BCUT2D eigenvalue weighted by molar-refractivity contribution is 0.0876. The number of piperidine rings is 1. The van der Waals surface area contributed by atoms with E-state index in [-0.39, 0.29) is 12.1 Å². The SMILES string of the molecule is CC(C)N1CCC(N(C)C2CCN(c3ccc(NC(=O)Nc4ccc(OC5CCCC5)nc4)cc3)C2)CC1. The minimum atomic E-state index is -0.282. The third-order valence-corrected chi connectivity index (χ3v) is 8.62. The normalized spacial score (nSPS) is 21.4. The molecule has 8 nitrogen and oxygen atoms in total. The molecule has 3 heterocycles. The van der Waals surface area contributed by atoms with Crippen LogP contribution in [0.1, 0.15) is 58.8 Å². The molecule has 2 saturated heterocycles. The van der Waals surface area contributed by atoms with Gasteiger partial charge in [-0.05, 0) is 109 Å². The van der Waals surface area contributed by atoms with Crippen LogP contribution in [0.25, 0.3) is 0 Å². The molecule has 2 N–H and O–H groups in total. The average Bonchev–Trinajstić information content (AvgIpc) is 3.63. The van der Waals surface area contributed by atoms with E-state index in [0.717, 1.165) is 31.6 Å². The molecular weight excluding hydrogens is 476 g/mol. The number of nitrogens with one attached hydrogen (secondary N) is 2. The highest BCUT2D eigenvalue weighted by Gasteiger charge is 2.32. The zero-order valence-electron chi connectivity index (χ0n) is 23.2. The number of likely N-dealkylation sites (tertiary alicyclic amines) is 1. The van der Waals surface area contributed by atoms with Gasteiger partial charge in [-0.25, -0.2) is 9.78 Å². The second-order valence-corrected chi connectivity index (χ2v) is 11.5. The van der Waals surface area contributed by atoms with Crippen LogP contribution in [0.15, 0.2) is 42.6 Å². The third-order valence-electron chi connectivity index (χ3n) is 8.62. The Balaban J connectivity index is 1.07. The molecule has 5 rings (SSSR count). The number of carbonyl (C=O) groups is 1. The fourth-order valence-corrected chi connectivity index (χ4v) is 6.17. The van der Waals surface area contributed by atoms with Gasteiger partial charge in [-0.3, -0.25) is 4.90 Å². The van der Waals surface area contributed by atoms with Crippen molar-refractivity contribution in [3.63, 3.8) is 0 Å². The van der Waals surface area contributed by atoms with Crippen molar-refractivity contribution in [3.8, 4) is 5.88 Å². The zero-order chi connectivity index (χ0) is 26.5. The van der Waals surface area contributed by atoms with Gasteiger partial charge in [0.1, 0.15) is 6.10 Å². The van der Waals surface area contributed by atoms with E-state index in [1.807, 2.05) is 24.3 Å². The first-order valence-electron chi connectivity index (χ1n) is 14.5. The summed E-state index contributed by atoms with van der Waals surface area (Å²) < 4.78 is 5.90. The summed E-state index contributed by atoms with van der Waals surface area (Å²) in [5.74, 6) is 0.616. The molecule has 0 radical (unpaired) electrons. The number of nitrogens with zero attached hydrogens (tertiary/aromatic N) is 4. The molecule has 1 unspecified atom stereocenters. The van der Waals surface area contributed by atoms with Gasteiger partial charge in [-0.2, -0.15) is 0 Å². The van der Waals surface area contributed by atoms with Crippen molar-refractivity contribution in [3.05, 3.63) is 42.6 Å². The van der Waals surface area contributed by atoms with Crippen molar-refractivity contribution in [2.45, 2.75) is 83.0 Å². The molecule has 0 spiro atoms. The van der Waals surface area contributed by atoms with Gasteiger partial charge in [0, 0.05) is 48.7 Å². The largest absolute Gasteiger partial charge is 0.474 e. The lowest BCUT2D eigenvalue weighted by Gasteiger charge is -2.40. The van der Waals surface area contributed by atoms with E-state index in [9.17, 15) is 4.79 Å². The highest BCUT2D eigenvalue weighted by Crippen LogP contribution is 2.28. The predicted octanol–water partition coefficient (Wildman–Crippen LogP) is 5.43. The zero-order valence-corrected chi connectivity index (χ0v) is 23.2. The molecule has 8 heteroatoms. The standard InChI is InChI=1S/C30H44N6O2/c1-22(2)35-17-14-25(15-18-35)34(3)27-16-19-36(21-27)26-11-8-23(9-12-26)32-30(37)33-24-10-13-29(31-20-24)38-28-6-4-5-7-28/h8-13,20,22,25,27-28H,4-7,14-19,21H2,1-3H3,(H2,32,33,37). The van der Waals surface area contributed by atoms with Gasteiger partial charge in [0.15, 0.2) is 0 Å². The van der Waals surface area contributed by atoms with Crippen LogP contribution in [0, 0.1) is 0 Å². The van der Waals surface area contributed by atoms with E-state index in [2.05, 4.69) is 63.3 Å².